The van der Waals surface area contributed by atoms with Crippen molar-refractivity contribution in [3.05, 3.63) is 0 Å². The van der Waals surface area contributed by atoms with Gasteiger partial charge in [-0.15, -0.1) is 0 Å². The number of rotatable bonds is 8. The molecule has 0 fully saturated rings. The van der Waals surface area contributed by atoms with Crippen LogP contribution in [0.5, 0.6) is 0 Å². The second kappa shape index (κ2) is 10.8. The van der Waals surface area contributed by atoms with E-state index in [0.717, 1.165) is 0 Å². The molecule has 0 bridgehead atoms. The highest BCUT2D eigenvalue weighted by Gasteiger charge is 2.03. The van der Waals surface area contributed by atoms with Gasteiger partial charge in [0.25, 0.3) is 0 Å². The van der Waals surface area contributed by atoms with Gasteiger partial charge >= 0.3 is 0 Å². The number of hydrogen-bond donors (Lipinski definition) is 2. The van der Waals surface area contributed by atoms with E-state index in [9.17, 15) is 4.79 Å². The van der Waals surface area contributed by atoms with Crippen LogP contribution in [-0.2, 0) is 14.3 Å². The number of hydrogen-bond acceptors (Lipinski definition) is 4. The summed E-state index contributed by atoms with van der Waals surface area (Å²) in [6, 6.07) is 0. The Kier molecular flexibility index (Phi) is 9.99. The third-order valence-corrected chi connectivity index (χ3v) is 2.07. The number of aliphatic imine (C=N–C) groups is 1. The molecule has 0 aliphatic carbocycles. The van der Waals surface area contributed by atoms with E-state index in [-0.39, 0.29) is 12.5 Å². The number of carbonyl (C=O) groups excluding carboxylic acids is 1. The molecule has 0 aromatic heterocycles. The van der Waals surface area contributed by atoms with Crippen molar-refractivity contribution < 1.29 is 14.3 Å². The molecule has 0 rings (SSSR count). The van der Waals surface area contributed by atoms with E-state index >= 15 is 0 Å². The lowest BCUT2D eigenvalue weighted by Crippen LogP contribution is -2.41. The average molecular weight is 260 g/mol. The van der Waals surface area contributed by atoms with Crippen LogP contribution in [0.3, 0.4) is 0 Å². The average Bonchev–Trinajstić information content (AvgIpc) is 2.35. The molecule has 0 atom stereocenters. The molecule has 106 valence electrons. The summed E-state index contributed by atoms with van der Waals surface area (Å²) in [6.07, 6.45) is 0. The Bertz CT molecular complexity index is 245. The van der Waals surface area contributed by atoms with Crippen molar-refractivity contribution in [2.75, 3.05) is 61.2 Å². The Balaban J connectivity index is 4.16. The Hall–Kier alpha value is -1.34. The summed E-state index contributed by atoms with van der Waals surface area (Å²) in [5.74, 6) is 0.536. The van der Waals surface area contributed by atoms with Gasteiger partial charge in [-0.3, -0.25) is 4.79 Å². The molecule has 0 aliphatic rings. The van der Waals surface area contributed by atoms with Gasteiger partial charge in [0.15, 0.2) is 5.96 Å². The molecular weight excluding hydrogens is 236 g/mol. The van der Waals surface area contributed by atoms with Crippen molar-refractivity contribution in [2.45, 2.75) is 0 Å². The van der Waals surface area contributed by atoms with Gasteiger partial charge in [0.1, 0.15) is 6.54 Å². The van der Waals surface area contributed by atoms with E-state index in [0.29, 0.717) is 32.3 Å². The van der Waals surface area contributed by atoms with Crippen LogP contribution in [0.4, 0.5) is 0 Å². The van der Waals surface area contributed by atoms with E-state index in [1.807, 2.05) is 0 Å². The molecule has 0 radical (unpaired) electrons. The fraction of sp³-hybridized carbons (Fsp3) is 0.818. The van der Waals surface area contributed by atoms with Crippen LogP contribution < -0.4 is 10.6 Å². The third kappa shape index (κ3) is 8.77. The molecule has 0 spiro atoms. The monoisotopic (exact) mass is 260 g/mol. The molecule has 0 aromatic rings. The zero-order valence-corrected chi connectivity index (χ0v) is 11.7. The lowest BCUT2D eigenvalue weighted by atomic mass is 10.5. The fourth-order valence-electron chi connectivity index (χ4n) is 1.01. The normalized spacial score (nSPS) is 9.78. The first kappa shape index (κ1) is 16.7. The molecule has 0 saturated heterocycles. The molecule has 18 heavy (non-hydrogen) atoms. The SMILES string of the molecule is COCCNC(=NCC(=O)N(C)C)NCCOC. The van der Waals surface area contributed by atoms with Gasteiger partial charge in [0, 0.05) is 41.4 Å². The van der Waals surface area contributed by atoms with Crippen LogP contribution in [0, 0.1) is 0 Å². The number of guanidine groups is 1. The number of methoxy groups -OCH3 is 2. The number of nitrogens with one attached hydrogen (secondary N) is 2. The second-order valence-electron chi connectivity index (χ2n) is 3.79. The van der Waals surface area contributed by atoms with Gasteiger partial charge in [-0.25, -0.2) is 4.99 Å². The Labute approximate surface area is 109 Å². The second-order valence-corrected chi connectivity index (χ2v) is 3.79. The van der Waals surface area contributed by atoms with Crippen LogP contribution in [-0.4, -0.2) is 77.9 Å². The maximum absolute atomic E-state index is 11.4. The molecule has 7 nitrogen and oxygen atoms in total. The Morgan fingerprint density at radius 1 is 1.11 bits per heavy atom. The Morgan fingerprint density at radius 2 is 1.61 bits per heavy atom. The molecule has 0 saturated carbocycles. The summed E-state index contributed by atoms with van der Waals surface area (Å²) in [7, 11) is 6.67. The van der Waals surface area contributed by atoms with Gasteiger partial charge in [-0.1, -0.05) is 0 Å². The zero-order chi connectivity index (χ0) is 13.8. The number of amides is 1. The van der Waals surface area contributed by atoms with Gasteiger partial charge in [-0.2, -0.15) is 0 Å². The molecule has 0 unspecified atom stereocenters. The summed E-state index contributed by atoms with van der Waals surface area (Å²) >= 11 is 0. The van der Waals surface area contributed by atoms with Crippen LogP contribution >= 0.6 is 0 Å². The van der Waals surface area contributed by atoms with E-state index in [4.69, 9.17) is 9.47 Å². The topological polar surface area (TPSA) is 75.2 Å². The fourth-order valence-corrected chi connectivity index (χ4v) is 1.01. The summed E-state index contributed by atoms with van der Waals surface area (Å²) in [4.78, 5) is 17.1. The van der Waals surface area contributed by atoms with Gasteiger partial charge in [0.05, 0.1) is 13.2 Å². The quantitative estimate of drug-likeness (QED) is 0.329. The van der Waals surface area contributed by atoms with Crippen molar-refractivity contribution >= 4 is 11.9 Å². The van der Waals surface area contributed by atoms with Gasteiger partial charge in [-0.05, 0) is 0 Å². The smallest absolute Gasteiger partial charge is 0.243 e. The minimum Gasteiger partial charge on any atom is -0.383 e. The van der Waals surface area contributed by atoms with Crippen molar-refractivity contribution in [2.24, 2.45) is 4.99 Å². The van der Waals surface area contributed by atoms with Crippen LogP contribution in [0.25, 0.3) is 0 Å². The Morgan fingerprint density at radius 3 is 2.00 bits per heavy atom. The lowest BCUT2D eigenvalue weighted by molar-refractivity contribution is -0.127. The molecule has 1 amide bonds. The first-order chi connectivity index (χ1) is 8.61. The maximum atomic E-state index is 11.4. The zero-order valence-electron chi connectivity index (χ0n) is 11.7. The van der Waals surface area contributed by atoms with E-state index < -0.39 is 0 Å². The lowest BCUT2D eigenvalue weighted by Gasteiger charge is -2.13. The van der Waals surface area contributed by atoms with Crippen molar-refractivity contribution in [3.8, 4) is 0 Å². The van der Waals surface area contributed by atoms with E-state index in [2.05, 4.69) is 15.6 Å². The highest BCUT2D eigenvalue weighted by molar-refractivity contribution is 5.84. The minimum absolute atomic E-state index is 0.0467. The molecule has 0 aromatic carbocycles. The van der Waals surface area contributed by atoms with E-state index in [1.165, 1.54) is 4.90 Å². The number of nitrogens with zero attached hydrogens (tertiary/aromatic N) is 2. The summed E-state index contributed by atoms with van der Waals surface area (Å²) < 4.78 is 9.87. The molecule has 0 aliphatic heterocycles. The first-order valence-electron chi connectivity index (χ1n) is 5.82. The van der Waals surface area contributed by atoms with Gasteiger partial charge < -0.3 is 25.0 Å². The van der Waals surface area contributed by atoms with Crippen molar-refractivity contribution in [1.82, 2.24) is 15.5 Å². The predicted octanol–water partition coefficient (Wildman–Crippen LogP) is -1.10. The van der Waals surface area contributed by atoms with Crippen LogP contribution in [0.1, 0.15) is 0 Å². The van der Waals surface area contributed by atoms with Crippen molar-refractivity contribution in [1.29, 1.82) is 0 Å². The number of ether oxygens (including phenoxy) is 2. The van der Waals surface area contributed by atoms with E-state index in [1.54, 1.807) is 28.3 Å². The predicted molar refractivity (Wildman–Crippen MR) is 70.8 cm³/mol. The minimum atomic E-state index is -0.0467. The number of likely N-dealkylation sites (N-methyl/N-ethyl adjacent to an activating group) is 1. The summed E-state index contributed by atoms with van der Waals surface area (Å²) in [5, 5.41) is 6.12. The third-order valence-electron chi connectivity index (χ3n) is 2.07. The highest BCUT2D eigenvalue weighted by Crippen LogP contribution is 1.81. The standard InChI is InChI=1S/C11H24N4O3/c1-15(2)10(16)9-14-11(12-5-7-17-3)13-6-8-18-4/h5-9H2,1-4H3,(H2,12,13,14). The summed E-state index contributed by atoms with van der Waals surface area (Å²) in [6.45, 7) is 2.53. The largest absolute Gasteiger partial charge is 0.383 e. The highest BCUT2D eigenvalue weighted by atomic mass is 16.5. The molecule has 7 heteroatoms. The molecular formula is C11H24N4O3. The van der Waals surface area contributed by atoms with Crippen LogP contribution in [0.15, 0.2) is 4.99 Å². The van der Waals surface area contributed by atoms with Gasteiger partial charge in [0.2, 0.25) is 5.91 Å². The summed E-state index contributed by atoms with van der Waals surface area (Å²) in [5.41, 5.74) is 0. The molecule has 0 heterocycles. The number of carbonyl (C=O) groups is 1. The van der Waals surface area contributed by atoms with Crippen molar-refractivity contribution in [3.63, 3.8) is 0 Å². The first-order valence-corrected chi connectivity index (χ1v) is 5.82. The van der Waals surface area contributed by atoms with Crippen LogP contribution in [0.2, 0.25) is 0 Å². The molecule has 2 N–H and O–H groups in total. The maximum Gasteiger partial charge on any atom is 0.243 e.